The Hall–Kier alpha value is -1.62. The molecule has 19 heavy (non-hydrogen) atoms. The number of ether oxygens (including phenoxy) is 2. The number of halogens is 1. The summed E-state index contributed by atoms with van der Waals surface area (Å²) in [7, 11) is 2.85. The van der Waals surface area contributed by atoms with Crippen molar-refractivity contribution in [2.75, 3.05) is 14.2 Å². The number of phenolic OH excluding ortho intramolecular Hbond substituents is 1. The zero-order valence-electron chi connectivity index (χ0n) is 11.3. The fraction of sp³-hybridized carbons (Fsp3) is 0.462. The molecule has 0 aliphatic carbocycles. The first kappa shape index (κ1) is 15.4. The van der Waals surface area contributed by atoms with Gasteiger partial charge in [-0.3, -0.25) is 4.79 Å². The van der Waals surface area contributed by atoms with Crippen molar-refractivity contribution < 1.29 is 24.5 Å². The second-order valence-corrected chi connectivity index (χ2v) is 5.15. The smallest absolute Gasteiger partial charge is 0.304 e. The van der Waals surface area contributed by atoms with Gasteiger partial charge in [-0.05, 0) is 6.07 Å². The maximum Gasteiger partial charge on any atom is 0.304 e. The minimum atomic E-state index is -0.963. The lowest BCUT2D eigenvalue weighted by molar-refractivity contribution is -0.138. The third-order valence-electron chi connectivity index (χ3n) is 2.91. The van der Waals surface area contributed by atoms with Gasteiger partial charge in [-0.2, -0.15) is 0 Å². The topological polar surface area (TPSA) is 76.0 Å². The summed E-state index contributed by atoms with van der Waals surface area (Å²) in [5.74, 6) is -0.587. The van der Waals surface area contributed by atoms with Crippen LogP contribution < -0.4 is 9.47 Å². The number of benzene rings is 1. The Bertz CT molecular complexity index is 496. The molecule has 0 radical (unpaired) electrons. The van der Waals surface area contributed by atoms with E-state index in [9.17, 15) is 9.90 Å². The van der Waals surface area contributed by atoms with Crippen molar-refractivity contribution in [2.24, 2.45) is 0 Å². The van der Waals surface area contributed by atoms with Gasteiger partial charge in [0.25, 0.3) is 0 Å². The molecule has 0 atom stereocenters. The van der Waals surface area contributed by atoms with Gasteiger partial charge >= 0.3 is 5.97 Å². The number of methoxy groups -OCH3 is 2. The van der Waals surface area contributed by atoms with Crippen molar-refractivity contribution in [1.82, 2.24) is 0 Å². The summed E-state index contributed by atoms with van der Waals surface area (Å²) < 4.78 is 10.2. The molecule has 1 aromatic rings. The average Bonchev–Trinajstić information content (AvgIpc) is 2.30. The van der Waals surface area contributed by atoms with Crippen molar-refractivity contribution in [3.05, 3.63) is 16.7 Å². The maximum absolute atomic E-state index is 10.9. The van der Waals surface area contributed by atoms with Crippen LogP contribution in [0.5, 0.6) is 17.2 Å². The molecular formula is C13H17ClO5. The highest BCUT2D eigenvalue weighted by Gasteiger charge is 2.31. The molecule has 1 rings (SSSR count). The number of carbonyl (C=O) groups is 1. The van der Waals surface area contributed by atoms with Gasteiger partial charge < -0.3 is 19.7 Å². The van der Waals surface area contributed by atoms with E-state index in [0.717, 1.165) is 0 Å². The van der Waals surface area contributed by atoms with Gasteiger partial charge in [0.15, 0.2) is 11.5 Å². The summed E-state index contributed by atoms with van der Waals surface area (Å²) in [5.41, 5.74) is -0.392. The van der Waals surface area contributed by atoms with Gasteiger partial charge in [0.1, 0.15) is 10.8 Å². The van der Waals surface area contributed by atoms with Gasteiger partial charge in [-0.15, -0.1) is 0 Å². The SMILES string of the molecule is COc1cc(C(C)(C)CC(=O)O)c(O)c(Cl)c1OC. The van der Waals surface area contributed by atoms with Crippen LogP contribution in [0.15, 0.2) is 6.07 Å². The second kappa shape index (κ2) is 5.57. The molecule has 0 fully saturated rings. The maximum atomic E-state index is 10.9. The summed E-state index contributed by atoms with van der Waals surface area (Å²) in [6.07, 6.45) is -0.146. The first-order valence-corrected chi connectivity index (χ1v) is 5.98. The largest absolute Gasteiger partial charge is 0.506 e. The van der Waals surface area contributed by atoms with Crippen LogP contribution in [0, 0.1) is 0 Å². The molecule has 1 aromatic carbocycles. The number of aromatic hydroxyl groups is 1. The van der Waals surface area contributed by atoms with Crippen molar-refractivity contribution in [3.8, 4) is 17.2 Å². The van der Waals surface area contributed by atoms with Crippen molar-refractivity contribution in [1.29, 1.82) is 0 Å². The van der Waals surface area contributed by atoms with E-state index in [0.29, 0.717) is 11.3 Å². The lowest BCUT2D eigenvalue weighted by atomic mass is 9.81. The summed E-state index contributed by atoms with van der Waals surface area (Å²) >= 11 is 6.02. The standard InChI is InChI=1S/C13H17ClO5/c1-13(2,6-9(15)16)7-5-8(18-3)12(19-4)10(14)11(7)17/h5,17H,6H2,1-4H3,(H,15,16). The Labute approximate surface area is 116 Å². The number of hydrogen-bond acceptors (Lipinski definition) is 4. The zero-order chi connectivity index (χ0) is 14.8. The molecule has 0 bridgehead atoms. The average molecular weight is 289 g/mol. The highest BCUT2D eigenvalue weighted by molar-refractivity contribution is 6.34. The molecule has 0 unspecified atom stereocenters. The van der Waals surface area contributed by atoms with E-state index in [1.807, 2.05) is 0 Å². The van der Waals surface area contributed by atoms with E-state index in [4.69, 9.17) is 26.2 Å². The minimum absolute atomic E-state index is 0.00955. The lowest BCUT2D eigenvalue weighted by Crippen LogP contribution is -2.22. The van der Waals surface area contributed by atoms with E-state index in [1.165, 1.54) is 14.2 Å². The number of phenols is 1. The Morgan fingerprint density at radius 1 is 1.37 bits per heavy atom. The molecule has 0 saturated carbocycles. The second-order valence-electron chi connectivity index (χ2n) is 4.78. The van der Waals surface area contributed by atoms with Gasteiger partial charge in [-0.25, -0.2) is 0 Å². The summed E-state index contributed by atoms with van der Waals surface area (Å²) in [6, 6.07) is 1.54. The van der Waals surface area contributed by atoms with Crippen LogP contribution in [0.3, 0.4) is 0 Å². The highest BCUT2D eigenvalue weighted by Crippen LogP contribution is 2.47. The zero-order valence-corrected chi connectivity index (χ0v) is 12.0. The molecule has 6 heteroatoms. The third-order valence-corrected chi connectivity index (χ3v) is 3.26. The molecule has 2 N–H and O–H groups in total. The van der Waals surface area contributed by atoms with Crippen LogP contribution in [0.4, 0.5) is 0 Å². The quantitative estimate of drug-likeness (QED) is 0.871. The normalized spacial score (nSPS) is 11.2. The summed E-state index contributed by atoms with van der Waals surface area (Å²) in [5, 5.41) is 19.1. The molecule has 0 spiro atoms. The fourth-order valence-corrected chi connectivity index (χ4v) is 2.20. The van der Waals surface area contributed by atoms with Crippen LogP contribution in [0.1, 0.15) is 25.8 Å². The predicted octanol–water partition coefficient (Wildman–Crippen LogP) is 2.82. The van der Waals surface area contributed by atoms with E-state index in [1.54, 1.807) is 19.9 Å². The van der Waals surface area contributed by atoms with Crippen LogP contribution in [0.25, 0.3) is 0 Å². The number of aliphatic carboxylic acids is 1. The predicted molar refractivity (Wildman–Crippen MR) is 71.5 cm³/mol. The van der Waals surface area contributed by atoms with Gasteiger partial charge in [-0.1, -0.05) is 25.4 Å². The summed E-state index contributed by atoms with van der Waals surface area (Å²) in [4.78, 5) is 10.9. The van der Waals surface area contributed by atoms with Crippen molar-refractivity contribution in [3.63, 3.8) is 0 Å². The molecule has 106 valence electrons. The third kappa shape index (κ3) is 3.04. The molecule has 0 aliphatic rings. The number of hydrogen-bond donors (Lipinski definition) is 2. The fourth-order valence-electron chi connectivity index (χ4n) is 1.93. The van der Waals surface area contributed by atoms with Crippen molar-refractivity contribution >= 4 is 17.6 Å². The van der Waals surface area contributed by atoms with Gasteiger partial charge in [0.2, 0.25) is 0 Å². The number of carboxylic acid groups (broad SMARTS) is 1. The van der Waals surface area contributed by atoms with E-state index >= 15 is 0 Å². The van der Waals surface area contributed by atoms with Crippen LogP contribution >= 0.6 is 11.6 Å². The lowest BCUT2D eigenvalue weighted by Gasteiger charge is -2.26. The van der Waals surface area contributed by atoms with Gasteiger partial charge in [0.05, 0.1) is 20.6 Å². The Balaban J connectivity index is 3.45. The first-order chi connectivity index (χ1) is 8.74. The molecule has 0 heterocycles. The van der Waals surface area contributed by atoms with E-state index in [-0.39, 0.29) is 22.9 Å². The molecular weight excluding hydrogens is 272 g/mol. The number of rotatable bonds is 5. The molecule has 0 saturated heterocycles. The molecule has 0 amide bonds. The van der Waals surface area contributed by atoms with Gasteiger partial charge in [0, 0.05) is 11.0 Å². The van der Waals surface area contributed by atoms with Crippen LogP contribution in [0.2, 0.25) is 5.02 Å². The first-order valence-electron chi connectivity index (χ1n) is 5.60. The minimum Gasteiger partial charge on any atom is -0.506 e. The highest BCUT2D eigenvalue weighted by atomic mass is 35.5. The van der Waals surface area contributed by atoms with Crippen LogP contribution in [-0.4, -0.2) is 30.4 Å². The van der Waals surface area contributed by atoms with Crippen molar-refractivity contribution in [2.45, 2.75) is 25.7 Å². The Morgan fingerprint density at radius 3 is 2.37 bits per heavy atom. The van der Waals surface area contributed by atoms with E-state index < -0.39 is 11.4 Å². The molecule has 5 nitrogen and oxygen atoms in total. The molecule has 0 aliphatic heterocycles. The van der Waals surface area contributed by atoms with E-state index in [2.05, 4.69) is 0 Å². The molecule has 0 aromatic heterocycles. The monoisotopic (exact) mass is 288 g/mol. The number of carboxylic acids is 1. The Morgan fingerprint density at radius 2 is 1.95 bits per heavy atom. The Kier molecular flexibility index (Phi) is 4.52. The van der Waals surface area contributed by atoms with Crippen LogP contribution in [-0.2, 0) is 10.2 Å². The summed E-state index contributed by atoms with van der Waals surface area (Å²) in [6.45, 7) is 3.41.